The summed E-state index contributed by atoms with van der Waals surface area (Å²) in [5, 5.41) is 3.55. The Morgan fingerprint density at radius 1 is 0.920 bits per heavy atom. The van der Waals surface area contributed by atoms with E-state index >= 15 is 0 Å². The van der Waals surface area contributed by atoms with Crippen molar-refractivity contribution in [3.63, 3.8) is 0 Å². The second-order valence-corrected chi connectivity index (χ2v) is 7.58. The number of para-hydroxylation sites is 1. The van der Waals surface area contributed by atoms with Gasteiger partial charge in [0.2, 0.25) is 0 Å². The molecule has 0 bridgehead atoms. The van der Waals surface area contributed by atoms with Crippen molar-refractivity contribution >= 4 is 0 Å². The lowest BCUT2D eigenvalue weighted by atomic mass is 9.78. The highest BCUT2D eigenvalue weighted by Crippen LogP contribution is 2.37. The maximum atomic E-state index is 6.12. The van der Waals surface area contributed by atoms with Gasteiger partial charge < -0.3 is 10.1 Å². The van der Waals surface area contributed by atoms with Crippen LogP contribution in [-0.2, 0) is 13.2 Å². The summed E-state index contributed by atoms with van der Waals surface area (Å²) in [7, 11) is 0. The molecule has 2 aliphatic rings. The summed E-state index contributed by atoms with van der Waals surface area (Å²) in [6, 6.07) is 18.9. The van der Waals surface area contributed by atoms with Crippen molar-refractivity contribution in [2.75, 3.05) is 26.2 Å². The first kappa shape index (κ1) is 16.6. The summed E-state index contributed by atoms with van der Waals surface area (Å²) in [4.78, 5) is 2.59. The quantitative estimate of drug-likeness (QED) is 0.898. The van der Waals surface area contributed by atoms with Crippen LogP contribution in [0.3, 0.4) is 0 Å². The second-order valence-electron chi connectivity index (χ2n) is 7.58. The third kappa shape index (κ3) is 4.05. The first-order valence-electron chi connectivity index (χ1n) is 9.51. The Labute approximate surface area is 151 Å². The SMILES string of the molecule is c1ccc(COc2ccccc2CN2CCC3(CCNC3)CC2)cc1. The molecule has 0 atom stereocenters. The van der Waals surface area contributed by atoms with Crippen LogP contribution in [0.25, 0.3) is 0 Å². The molecule has 3 heteroatoms. The molecular formula is C22H28N2O. The zero-order valence-corrected chi connectivity index (χ0v) is 14.9. The van der Waals surface area contributed by atoms with E-state index in [-0.39, 0.29) is 0 Å². The van der Waals surface area contributed by atoms with Crippen molar-refractivity contribution in [3.05, 3.63) is 65.7 Å². The minimum atomic E-state index is 0.583. The molecule has 2 heterocycles. The van der Waals surface area contributed by atoms with Crippen molar-refractivity contribution in [1.29, 1.82) is 0 Å². The molecule has 1 N–H and O–H groups in total. The average Bonchev–Trinajstić information content (AvgIpc) is 3.12. The van der Waals surface area contributed by atoms with Crippen LogP contribution in [-0.4, -0.2) is 31.1 Å². The molecule has 4 rings (SSSR count). The Bertz CT molecular complexity index is 669. The number of nitrogens with zero attached hydrogens (tertiary/aromatic N) is 1. The number of likely N-dealkylation sites (tertiary alicyclic amines) is 1. The van der Waals surface area contributed by atoms with Crippen LogP contribution in [0.5, 0.6) is 5.75 Å². The summed E-state index contributed by atoms with van der Waals surface area (Å²) in [6.45, 7) is 6.46. The van der Waals surface area contributed by atoms with Gasteiger partial charge in [0.15, 0.2) is 0 Å². The summed E-state index contributed by atoms with van der Waals surface area (Å²) < 4.78 is 6.12. The molecule has 0 amide bonds. The highest BCUT2D eigenvalue weighted by molar-refractivity contribution is 5.33. The molecular weight excluding hydrogens is 308 g/mol. The molecule has 2 fully saturated rings. The van der Waals surface area contributed by atoms with Gasteiger partial charge in [-0.15, -0.1) is 0 Å². The Hall–Kier alpha value is -1.84. The number of benzene rings is 2. The summed E-state index contributed by atoms with van der Waals surface area (Å²) in [5.74, 6) is 1.02. The zero-order chi connectivity index (χ0) is 17.0. The molecule has 2 saturated heterocycles. The first-order chi connectivity index (χ1) is 12.3. The van der Waals surface area contributed by atoms with Gasteiger partial charge in [0.1, 0.15) is 12.4 Å². The minimum Gasteiger partial charge on any atom is -0.489 e. The monoisotopic (exact) mass is 336 g/mol. The van der Waals surface area contributed by atoms with Gasteiger partial charge in [-0.2, -0.15) is 0 Å². The molecule has 25 heavy (non-hydrogen) atoms. The Balaban J connectivity index is 1.36. The molecule has 2 aliphatic heterocycles. The topological polar surface area (TPSA) is 24.5 Å². The third-order valence-electron chi connectivity index (χ3n) is 5.85. The van der Waals surface area contributed by atoms with Crippen LogP contribution < -0.4 is 10.1 Å². The molecule has 0 saturated carbocycles. The van der Waals surface area contributed by atoms with Crippen LogP contribution in [0.15, 0.2) is 54.6 Å². The number of ether oxygens (including phenoxy) is 1. The largest absolute Gasteiger partial charge is 0.489 e. The smallest absolute Gasteiger partial charge is 0.124 e. The van der Waals surface area contributed by atoms with E-state index in [1.165, 1.54) is 56.6 Å². The van der Waals surface area contributed by atoms with E-state index in [0.29, 0.717) is 12.0 Å². The van der Waals surface area contributed by atoms with Crippen LogP contribution in [0, 0.1) is 5.41 Å². The molecule has 2 aromatic carbocycles. The second kappa shape index (κ2) is 7.59. The number of piperidine rings is 1. The molecule has 0 unspecified atom stereocenters. The third-order valence-corrected chi connectivity index (χ3v) is 5.85. The molecule has 0 radical (unpaired) electrons. The van der Waals surface area contributed by atoms with Gasteiger partial charge in [-0.3, -0.25) is 4.90 Å². The Morgan fingerprint density at radius 3 is 2.44 bits per heavy atom. The van der Waals surface area contributed by atoms with Crippen molar-refractivity contribution in [2.45, 2.75) is 32.4 Å². The standard InChI is InChI=1S/C22H28N2O/c1-2-6-19(7-3-1)17-25-21-9-5-4-8-20(21)16-24-14-11-22(12-15-24)10-13-23-18-22/h1-9,23H,10-18H2. The molecule has 0 aliphatic carbocycles. The van der Waals surface area contributed by atoms with Gasteiger partial charge in [-0.25, -0.2) is 0 Å². The van der Waals surface area contributed by atoms with Crippen molar-refractivity contribution < 1.29 is 4.74 Å². The fraction of sp³-hybridized carbons (Fsp3) is 0.455. The van der Waals surface area contributed by atoms with E-state index in [2.05, 4.69) is 58.7 Å². The van der Waals surface area contributed by atoms with E-state index in [0.717, 1.165) is 12.3 Å². The summed E-state index contributed by atoms with van der Waals surface area (Å²) >= 11 is 0. The van der Waals surface area contributed by atoms with E-state index in [9.17, 15) is 0 Å². The number of hydrogen-bond donors (Lipinski definition) is 1. The highest BCUT2D eigenvalue weighted by Gasteiger charge is 2.36. The molecule has 1 spiro atoms. The molecule has 132 valence electrons. The molecule has 2 aromatic rings. The van der Waals surface area contributed by atoms with E-state index in [1.54, 1.807) is 0 Å². The zero-order valence-electron chi connectivity index (χ0n) is 14.9. The lowest BCUT2D eigenvalue weighted by molar-refractivity contribution is 0.112. The highest BCUT2D eigenvalue weighted by atomic mass is 16.5. The van der Waals surface area contributed by atoms with Crippen molar-refractivity contribution in [1.82, 2.24) is 10.2 Å². The van der Waals surface area contributed by atoms with E-state index in [4.69, 9.17) is 4.74 Å². The number of rotatable bonds is 5. The predicted octanol–water partition coefficient (Wildman–Crippen LogP) is 3.84. The maximum absolute atomic E-state index is 6.12. The lowest BCUT2D eigenvalue weighted by Gasteiger charge is -2.39. The fourth-order valence-corrected chi connectivity index (χ4v) is 4.16. The number of hydrogen-bond acceptors (Lipinski definition) is 3. The van der Waals surface area contributed by atoms with Crippen LogP contribution in [0.1, 0.15) is 30.4 Å². The lowest BCUT2D eigenvalue weighted by Crippen LogP contribution is -2.40. The molecule has 3 nitrogen and oxygen atoms in total. The first-order valence-corrected chi connectivity index (χ1v) is 9.51. The van der Waals surface area contributed by atoms with Crippen molar-refractivity contribution in [3.8, 4) is 5.75 Å². The normalized spacial score (nSPS) is 20.0. The van der Waals surface area contributed by atoms with E-state index in [1.807, 2.05) is 6.07 Å². The van der Waals surface area contributed by atoms with Gasteiger partial charge in [0.05, 0.1) is 0 Å². The van der Waals surface area contributed by atoms with Crippen molar-refractivity contribution in [2.24, 2.45) is 5.41 Å². The van der Waals surface area contributed by atoms with Gasteiger partial charge in [0, 0.05) is 18.7 Å². The maximum Gasteiger partial charge on any atom is 0.124 e. The fourth-order valence-electron chi connectivity index (χ4n) is 4.16. The van der Waals surface area contributed by atoms with Gasteiger partial charge in [0.25, 0.3) is 0 Å². The van der Waals surface area contributed by atoms with Crippen LogP contribution in [0.4, 0.5) is 0 Å². The van der Waals surface area contributed by atoms with Gasteiger partial charge >= 0.3 is 0 Å². The predicted molar refractivity (Wildman–Crippen MR) is 102 cm³/mol. The van der Waals surface area contributed by atoms with Crippen LogP contribution >= 0.6 is 0 Å². The number of nitrogens with one attached hydrogen (secondary N) is 1. The summed E-state index contributed by atoms with van der Waals surface area (Å²) in [6.07, 6.45) is 4.01. The average molecular weight is 336 g/mol. The van der Waals surface area contributed by atoms with Gasteiger partial charge in [-0.1, -0.05) is 48.5 Å². The Kier molecular flexibility index (Phi) is 5.04. The molecule has 0 aromatic heterocycles. The Morgan fingerprint density at radius 2 is 1.68 bits per heavy atom. The van der Waals surface area contributed by atoms with E-state index < -0.39 is 0 Å². The van der Waals surface area contributed by atoms with Gasteiger partial charge in [-0.05, 0) is 55.9 Å². The summed E-state index contributed by atoms with van der Waals surface area (Å²) in [5.41, 5.74) is 3.10. The minimum absolute atomic E-state index is 0.583. The van der Waals surface area contributed by atoms with Crippen LogP contribution in [0.2, 0.25) is 0 Å².